The van der Waals surface area contributed by atoms with Gasteiger partial charge in [-0.05, 0) is 24.8 Å². The summed E-state index contributed by atoms with van der Waals surface area (Å²) in [6.45, 7) is 3.21. The molecule has 1 fully saturated rings. The Morgan fingerprint density at radius 2 is 2.04 bits per heavy atom. The molecule has 2 aromatic heterocycles. The summed E-state index contributed by atoms with van der Waals surface area (Å²) >= 11 is 0. The van der Waals surface area contributed by atoms with E-state index < -0.39 is 0 Å². The summed E-state index contributed by atoms with van der Waals surface area (Å²) in [4.78, 5) is 9.30. The van der Waals surface area contributed by atoms with E-state index in [2.05, 4.69) is 27.8 Å². The fourth-order valence-electron chi connectivity index (χ4n) is 3.43. The summed E-state index contributed by atoms with van der Waals surface area (Å²) in [5, 5.41) is 1.16. The number of benzene rings is 1. The number of hydrogen-bond acceptors (Lipinski definition) is 4. The third-order valence-electron chi connectivity index (χ3n) is 4.61. The number of pyridine rings is 1. The predicted molar refractivity (Wildman–Crippen MR) is 89.3 cm³/mol. The number of ether oxygens (including phenoxy) is 2. The largest absolute Gasteiger partial charge is 0.381 e. The zero-order valence-electron chi connectivity index (χ0n) is 13.4. The molecule has 5 heteroatoms. The normalized spacial score (nSPS) is 16.4. The molecule has 5 nitrogen and oxygen atoms in total. The molecular weight excluding hydrogens is 290 g/mol. The lowest BCUT2D eigenvalue weighted by atomic mass is 10.00. The highest BCUT2D eigenvalue weighted by atomic mass is 16.5. The maximum atomic E-state index is 5.49. The Bertz CT molecular complexity index is 822. The van der Waals surface area contributed by atoms with Crippen molar-refractivity contribution in [3.05, 3.63) is 36.3 Å². The van der Waals surface area contributed by atoms with Gasteiger partial charge in [0.05, 0.1) is 17.2 Å². The molecule has 1 aliphatic rings. The lowest BCUT2D eigenvalue weighted by molar-refractivity contribution is 0.0607. The first kappa shape index (κ1) is 14.6. The summed E-state index contributed by atoms with van der Waals surface area (Å²) in [6, 6.07) is 8.27. The molecule has 1 aliphatic heterocycles. The molecule has 0 atom stereocenters. The zero-order chi connectivity index (χ0) is 15.6. The Kier molecular flexibility index (Phi) is 3.97. The van der Waals surface area contributed by atoms with Crippen molar-refractivity contribution in [2.45, 2.75) is 26.0 Å². The van der Waals surface area contributed by atoms with Crippen LogP contribution in [-0.4, -0.2) is 34.9 Å². The van der Waals surface area contributed by atoms with Gasteiger partial charge in [-0.15, -0.1) is 0 Å². The minimum atomic E-state index is 0.520. The van der Waals surface area contributed by atoms with Gasteiger partial charge in [0.15, 0.2) is 0 Å². The van der Waals surface area contributed by atoms with Gasteiger partial charge in [-0.2, -0.15) is 0 Å². The second-order valence-electron chi connectivity index (χ2n) is 6.14. The molecule has 23 heavy (non-hydrogen) atoms. The first-order valence-corrected chi connectivity index (χ1v) is 8.16. The van der Waals surface area contributed by atoms with Gasteiger partial charge in [0, 0.05) is 32.3 Å². The van der Waals surface area contributed by atoms with E-state index in [-0.39, 0.29) is 0 Å². The fraction of sp³-hybridized carbons (Fsp3) is 0.444. The molecule has 0 radical (unpaired) electrons. The summed E-state index contributed by atoms with van der Waals surface area (Å²) in [7, 11) is 1.72. The van der Waals surface area contributed by atoms with E-state index in [4.69, 9.17) is 14.5 Å². The van der Waals surface area contributed by atoms with E-state index in [9.17, 15) is 0 Å². The number of para-hydroxylation sites is 1. The van der Waals surface area contributed by atoms with Crippen molar-refractivity contribution in [3.8, 4) is 0 Å². The van der Waals surface area contributed by atoms with Crippen molar-refractivity contribution in [3.63, 3.8) is 0 Å². The number of fused-ring (bicyclic) bond motifs is 3. The van der Waals surface area contributed by atoms with Gasteiger partial charge in [0.2, 0.25) is 0 Å². The highest BCUT2D eigenvalue weighted by molar-refractivity contribution is 6.02. The predicted octanol–water partition coefficient (Wildman–Crippen LogP) is 3.16. The van der Waals surface area contributed by atoms with Crippen LogP contribution in [0.15, 0.2) is 30.5 Å². The average molecular weight is 311 g/mol. The molecular formula is C18H21N3O2. The van der Waals surface area contributed by atoms with Gasteiger partial charge in [-0.25, -0.2) is 4.98 Å². The molecule has 0 unspecified atom stereocenters. The number of hydrogen-bond donors (Lipinski definition) is 0. The van der Waals surface area contributed by atoms with E-state index in [1.807, 2.05) is 12.3 Å². The smallest absolute Gasteiger partial charge is 0.136 e. The summed E-state index contributed by atoms with van der Waals surface area (Å²) in [5.41, 5.74) is 3.13. The quantitative estimate of drug-likeness (QED) is 0.742. The molecule has 3 heterocycles. The number of aromatic nitrogens is 3. The second kappa shape index (κ2) is 6.26. The molecule has 0 spiro atoms. The Morgan fingerprint density at radius 3 is 2.87 bits per heavy atom. The van der Waals surface area contributed by atoms with E-state index in [1.54, 1.807) is 7.11 Å². The molecule has 4 rings (SSSR count). The van der Waals surface area contributed by atoms with Crippen LogP contribution in [0, 0.1) is 5.92 Å². The Hall–Kier alpha value is -1.98. The van der Waals surface area contributed by atoms with Crippen LogP contribution in [0.5, 0.6) is 0 Å². The third-order valence-corrected chi connectivity index (χ3v) is 4.61. The minimum Gasteiger partial charge on any atom is -0.381 e. The molecule has 120 valence electrons. The maximum Gasteiger partial charge on any atom is 0.136 e. The van der Waals surface area contributed by atoms with Crippen LogP contribution in [0.2, 0.25) is 0 Å². The van der Waals surface area contributed by atoms with Crippen LogP contribution in [0.4, 0.5) is 0 Å². The van der Waals surface area contributed by atoms with Crippen LogP contribution < -0.4 is 0 Å². The Morgan fingerprint density at radius 1 is 1.22 bits per heavy atom. The summed E-state index contributed by atoms with van der Waals surface area (Å²) < 4.78 is 13.2. The van der Waals surface area contributed by atoms with E-state index >= 15 is 0 Å². The lowest BCUT2D eigenvalue weighted by Gasteiger charge is -2.23. The molecule has 0 N–H and O–H groups in total. The number of imidazole rings is 1. The van der Waals surface area contributed by atoms with Crippen LogP contribution >= 0.6 is 0 Å². The number of methoxy groups -OCH3 is 1. The van der Waals surface area contributed by atoms with Crippen molar-refractivity contribution in [2.75, 3.05) is 20.3 Å². The molecule has 0 aliphatic carbocycles. The van der Waals surface area contributed by atoms with Gasteiger partial charge < -0.3 is 14.0 Å². The molecule has 3 aromatic rings. The van der Waals surface area contributed by atoms with Crippen molar-refractivity contribution >= 4 is 21.9 Å². The standard InChI is InChI=1S/C18H21N3O2/c1-22-12-17-20-16-10-19-15-5-3-2-4-14(15)18(16)21(17)11-13-6-8-23-9-7-13/h2-5,10,13H,6-9,11-12H2,1H3. The maximum absolute atomic E-state index is 5.49. The SMILES string of the molecule is COCc1nc2cnc3ccccc3c2n1CC1CCOCC1. The zero-order valence-corrected chi connectivity index (χ0v) is 13.4. The van der Waals surface area contributed by atoms with Gasteiger partial charge in [0.25, 0.3) is 0 Å². The van der Waals surface area contributed by atoms with Crippen molar-refractivity contribution in [1.82, 2.24) is 14.5 Å². The highest BCUT2D eigenvalue weighted by Crippen LogP contribution is 2.27. The van der Waals surface area contributed by atoms with Crippen molar-refractivity contribution in [2.24, 2.45) is 5.92 Å². The fourth-order valence-corrected chi connectivity index (χ4v) is 3.43. The average Bonchev–Trinajstić information content (AvgIpc) is 2.94. The monoisotopic (exact) mass is 311 g/mol. The molecule has 0 amide bonds. The van der Waals surface area contributed by atoms with E-state index in [0.29, 0.717) is 12.5 Å². The van der Waals surface area contributed by atoms with Crippen molar-refractivity contribution in [1.29, 1.82) is 0 Å². The van der Waals surface area contributed by atoms with Gasteiger partial charge in [0.1, 0.15) is 17.9 Å². The van der Waals surface area contributed by atoms with E-state index in [1.165, 1.54) is 5.52 Å². The molecule has 1 saturated heterocycles. The highest BCUT2D eigenvalue weighted by Gasteiger charge is 2.20. The summed E-state index contributed by atoms with van der Waals surface area (Å²) in [5.74, 6) is 1.61. The molecule has 0 saturated carbocycles. The molecule has 1 aromatic carbocycles. The Balaban J connectivity index is 1.86. The minimum absolute atomic E-state index is 0.520. The third kappa shape index (κ3) is 2.71. The van der Waals surface area contributed by atoms with Crippen LogP contribution in [0.1, 0.15) is 18.7 Å². The van der Waals surface area contributed by atoms with E-state index in [0.717, 1.165) is 54.8 Å². The Labute approximate surface area is 135 Å². The number of nitrogens with zero attached hydrogens (tertiary/aromatic N) is 3. The molecule has 0 bridgehead atoms. The number of rotatable bonds is 4. The van der Waals surface area contributed by atoms with Gasteiger partial charge in [-0.1, -0.05) is 18.2 Å². The van der Waals surface area contributed by atoms with Crippen LogP contribution in [0.25, 0.3) is 21.9 Å². The van der Waals surface area contributed by atoms with Crippen molar-refractivity contribution < 1.29 is 9.47 Å². The topological polar surface area (TPSA) is 49.2 Å². The summed E-state index contributed by atoms with van der Waals surface area (Å²) in [6.07, 6.45) is 4.08. The lowest BCUT2D eigenvalue weighted by Crippen LogP contribution is -2.21. The van der Waals surface area contributed by atoms with Gasteiger partial charge >= 0.3 is 0 Å². The van der Waals surface area contributed by atoms with Crippen LogP contribution in [0.3, 0.4) is 0 Å². The second-order valence-corrected chi connectivity index (χ2v) is 6.14. The van der Waals surface area contributed by atoms with Gasteiger partial charge in [-0.3, -0.25) is 4.98 Å². The first-order valence-electron chi connectivity index (χ1n) is 8.16. The van der Waals surface area contributed by atoms with Crippen LogP contribution in [-0.2, 0) is 22.6 Å². The first-order chi connectivity index (χ1) is 11.4.